The molecular formula is C18H26FNOS. The van der Waals surface area contributed by atoms with Gasteiger partial charge in [0, 0.05) is 18.7 Å². The molecule has 122 valence electrons. The second-order valence-electron chi connectivity index (χ2n) is 5.88. The van der Waals surface area contributed by atoms with E-state index in [0.717, 1.165) is 30.7 Å². The molecule has 1 saturated heterocycles. The van der Waals surface area contributed by atoms with Crippen LogP contribution in [0.5, 0.6) is 0 Å². The van der Waals surface area contributed by atoms with Gasteiger partial charge in [0.15, 0.2) is 0 Å². The van der Waals surface area contributed by atoms with Gasteiger partial charge in [-0.25, -0.2) is 4.39 Å². The van der Waals surface area contributed by atoms with Crippen molar-refractivity contribution in [1.82, 2.24) is 4.90 Å². The van der Waals surface area contributed by atoms with Crippen molar-refractivity contribution in [2.75, 3.05) is 12.3 Å². The summed E-state index contributed by atoms with van der Waals surface area (Å²) in [5.74, 6) is 0.923. The van der Waals surface area contributed by atoms with Gasteiger partial charge in [0.25, 0.3) is 0 Å². The Hall–Kier alpha value is -1.03. The molecule has 4 heteroatoms. The Morgan fingerprint density at radius 2 is 2.05 bits per heavy atom. The van der Waals surface area contributed by atoms with Gasteiger partial charge >= 0.3 is 0 Å². The molecule has 1 fully saturated rings. The summed E-state index contributed by atoms with van der Waals surface area (Å²) in [7, 11) is 0. The Labute approximate surface area is 137 Å². The van der Waals surface area contributed by atoms with Crippen LogP contribution in [0.4, 0.5) is 4.39 Å². The minimum Gasteiger partial charge on any atom is -0.326 e. The van der Waals surface area contributed by atoms with E-state index in [-0.39, 0.29) is 17.1 Å². The predicted molar refractivity (Wildman–Crippen MR) is 91.3 cm³/mol. The number of amides is 1. The van der Waals surface area contributed by atoms with Crippen LogP contribution in [-0.2, 0) is 4.79 Å². The van der Waals surface area contributed by atoms with Gasteiger partial charge in [-0.1, -0.05) is 51.2 Å². The van der Waals surface area contributed by atoms with Crippen LogP contribution in [0.2, 0.25) is 0 Å². The molecule has 1 heterocycles. The van der Waals surface area contributed by atoms with Crippen molar-refractivity contribution >= 4 is 17.7 Å². The molecule has 2 rings (SSSR count). The fourth-order valence-electron chi connectivity index (χ4n) is 2.86. The first-order valence-electron chi connectivity index (χ1n) is 8.39. The van der Waals surface area contributed by atoms with Crippen molar-refractivity contribution in [2.24, 2.45) is 0 Å². The highest BCUT2D eigenvalue weighted by atomic mass is 32.2. The van der Waals surface area contributed by atoms with E-state index in [0.29, 0.717) is 6.42 Å². The highest BCUT2D eigenvalue weighted by molar-refractivity contribution is 7.99. The summed E-state index contributed by atoms with van der Waals surface area (Å²) in [6.45, 7) is 2.99. The third-order valence-corrected chi connectivity index (χ3v) is 5.35. The zero-order valence-electron chi connectivity index (χ0n) is 13.4. The Kier molecular flexibility index (Phi) is 7.23. The van der Waals surface area contributed by atoms with Crippen molar-refractivity contribution in [1.29, 1.82) is 0 Å². The summed E-state index contributed by atoms with van der Waals surface area (Å²) >= 11 is 1.73. The minimum absolute atomic E-state index is 0.0108. The van der Waals surface area contributed by atoms with Crippen molar-refractivity contribution in [3.05, 3.63) is 35.6 Å². The summed E-state index contributed by atoms with van der Waals surface area (Å²) in [5.41, 5.74) is 0.902. The number of halogens is 1. The molecule has 0 aliphatic carbocycles. The normalized spacial score (nSPS) is 17.9. The van der Waals surface area contributed by atoms with Crippen molar-refractivity contribution in [3.8, 4) is 0 Å². The summed E-state index contributed by atoms with van der Waals surface area (Å²) in [6, 6.07) is 6.64. The molecule has 1 aliphatic rings. The van der Waals surface area contributed by atoms with E-state index < -0.39 is 0 Å². The number of thioether (sulfide) groups is 1. The quantitative estimate of drug-likeness (QED) is 0.617. The fraction of sp³-hybridized carbons (Fsp3) is 0.611. The number of carbonyl (C=O) groups is 1. The molecule has 1 aromatic carbocycles. The molecule has 2 nitrogen and oxygen atoms in total. The third-order valence-electron chi connectivity index (χ3n) is 4.09. The van der Waals surface area contributed by atoms with Crippen LogP contribution in [0.1, 0.15) is 62.8 Å². The Balaban J connectivity index is 1.81. The van der Waals surface area contributed by atoms with E-state index in [1.54, 1.807) is 23.9 Å². The molecule has 0 N–H and O–H groups in total. The molecule has 1 unspecified atom stereocenters. The molecule has 0 bridgehead atoms. The highest BCUT2D eigenvalue weighted by Gasteiger charge is 2.30. The average Bonchev–Trinajstić information content (AvgIpc) is 3.00. The van der Waals surface area contributed by atoms with Crippen molar-refractivity contribution in [3.63, 3.8) is 0 Å². The van der Waals surface area contributed by atoms with Crippen molar-refractivity contribution < 1.29 is 9.18 Å². The van der Waals surface area contributed by atoms with Gasteiger partial charge in [0.2, 0.25) is 5.91 Å². The molecule has 1 aliphatic heterocycles. The smallest absolute Gasteiger partial charge is 0.223 e. The number of hydrogen-bond acceptors (Lipinski definition) is 2. The topological polar surface area (TPSA) is 20.3 Å². The maximum atomic E-state index is 13.4. The number of benzene rings is 1. The number of nitrogens with zero attached hydrogens (tertiary/aromatic N) is 1. The molecule has 0 aromatic heterocycles. The Bertz CT molecular complexity index is 480. The second-order valence-corrected chi connectivity index (χ2v) is 7.07. The number of unbranched alkanes of at least 4 members (excludes halogenated alkanes) is 5. The maximum absolute atomic E-state index is 13.4. The van der Waals surface area contributed by atoms with E-state index in [9.17, 15) is 9.18 Å². The molecule has 1 aromatic rings. The summed E-state index contributed by atoms with van der Waals surface area (Å²) in [6.07, 6.45) is 7.77. The van der Waals surface area contributed by atoms with E-state index in [2.05, 4.69) is 6.92 Å². The summed E-state index contributed by atoms with van der Waals surface area (Å²) < 4.78 is 13.4. The minimum atomic E-state index is -0.228. The summed E-state index contributed by atoms with van der Waals surface area (Å²) in [5, 5.41) is -0.0108. The van der Waals surface area contributed by atoms with E-state index in [1.807, 2.05) is 11.0 Å². The van der Waals surface area contributed by atoms with Crippen LogP contribution in [0.3, 0.4) is 0 Å². The largest absolute Gasteiger partial charge is 0.326 e. The monoisotopic (exact) mass is 323 g/mol. The van der Waals surface area contributed by atoms with Gasteiger partial charge in [0.05, 0.1) is 0 Å². The molecule has 0 spiro atoms. The van der Waals surface area contributed by atoms with Crippen LogP contribution in [0, 0.1) is 5.82 Å². The zero-order valence-corrected chi connectivity index (χ0v) is 14.2. The molecular weight excluding hydrogens is 297 g/mol. The van der Waals surface area contributed by atoms with Crippen LogP contribution >= 0.6 is 11.8 Å². The lowest BCUT2D eigenvalue weighted by molar-refractivity contribution is -0.131. The summed E-state index contributed by atoms with van der Waals surface area (Å²) in [4.78, 5) is 14.3. The SMILES string of the molecule is CCCCCCCCC(=O)N1CCSC1c1cccc(F)c1. The van der Waals surface area contributed by atoms with Gasteiger partial charge in [-0.3, -0.25) is 4.79 Å². The van der Waals surface area contributed by atoms with Gasteiger partial charge in [-0.05, 0) is 24.1 Å². The molecule has 1 atom stereocenters. The first kappa shape index (κ1) is 17.3. The number of rotatable bonds is 8. The standard InChI is InChI=1S/C18H26FNOS/c1-2-3-4-5-6-7-11-17(21)20-12-13-22-18(20)15-9-8-10-16(19)14-15/h8-10,14,18H,2-7,11-13H2,1H3. The van der Waals surface area contributed by atoms with Crippen LogP contribution < -0.4 is 0 Å². The van der Waals surface area contributed by atoms with Crippen molar-refractivity contribution in [2.45, 2.75) is 57.2 Å². The van der Waals surface area contributed by atoms with Gasteiger partial charge in [-0.15, -0.1) is 11.8 Å². The molecule has 22 heavy (non-hydrogen) atoms. The molecule has 0 saturated carbocycles. The predicted octanol–water partition coefficient (Wildman–Crippen LogP) is 5.15. The van der Waals surface area contributed by atoms with E-state index >= 15 is 0 Å². The number of carbonyl (C=O) groups excluding carboxylic acids is 1. The first-order valence-corrected chi connectivity index (χ1v) is 9.43. The zero-order chi connectivity index (χ0) is 15.8. The van der Waals surface area contributed by atoms with Crippen LogP contribution in [-0.4, -0.2) is 23.1 Å². The first-order chi connectivity index (χ1) is 10.7. The lowest BCUT2D eigenvalue weighted by Crippen LogP contribution is -2.30. The maximum Gasteiger partial charge on any atom is 0.223 e. The highest BCUT2D eigenvalue weighted by Crippen LogP contribution is 2.38. The van der Waals surface area contributed by atoms with E-state index in [4.69, 9.17) is 0 Å². The Morgan fingerprint density at radius 3 is 2.82 bits per heavy atom. The number of hydrogen-bond donors (Lipinski definition) is 0. The van der Waals surface area contributed by atoms with Crippen LogP contribution in [0.15, 0.2) is 24.3 Å². The molecule has 0 radical (unpaired) electrons. The van der Waals surface area contributed by atoms with Gasteiger partial charge in [-0.2, -0.15) is 0 Å². The lowest BCUT2D eigenvalue weighted by Gasteiger charge is -2.24. The van der Waals surface area contributed by atoms with Gasteiger partial charge < -0.3 is 4.90 Å². The Morgan fingerprint density at radius 1 is 1.27 bits per heavy atom. The molecule has 1 amide bonds. The lowest BCUT2D eigenvalue weighted by atomic mass is 10.1. The average molecular weight is 323 g/mol. The van der Waals surface area contributed by atoms with Gasteiger partial charge in [0.1, 0.15) is 11.2 Å². The second kappa shape index (κ2) is 9.19. The third kappa shape index (κ3) is 5.01. The van der Waals surface area contributed by atoms with E-state index in [1.165, 1.54) is 31.7 Å². The fourth-order valence-corrected chi connectivity index (χ4v) is 4.13. The van der Waals surface area contributed by atoms with Crippen LogP contribution in [0.25, 0.3) is 0 Å².